The van der Waals surface area contributed by atoms with Crippen LogP contribution in [0.4, 0.5) is 16.0 Å². The average Bonchev–Trinajstić information content (AvgIpc) is 2.64. The van der Waals surface area contributed by atoms with Gasteiger partial charge in [0.25, 0.3) is 5.91 Å². The van der Waals surface area contributed by atoms with Crippen molar-refractivity contribution < 1.29 is 9.18 Å². The van der Waals surface area contributed by atoms with Crippen LogP contribution in [0.1, 0.15) is 15.9 Å². The van der Waals surface area contributed by atoms with Gasteiger partial charge in [-0.25, -0.2) is 14.4 Å². The van der Waals surface area contributed by atoms with Crippen molar-refractivity contribution >= 4 is 29.1 Å². The van der Waals surface area contributed by atoms with Gasteiger partial charge in [-0.05, 0) is 42.3 Å². The van der Waals surface area contributed by atoms with Gasteiger partial charge in [0.1, 0.15) is 5.82 Å². The summed E-state index contributed by atoms with van der Waals surface area (Å²) in [6.45, 7) is 0.437. The number of carbonyl (C=O) groups excluding carboxylic acids is 1. The van der Waals surface area contributed by atoms with E-state index in [1.807, 2.05) is 12.1 Å². The number of nitrogens with zero attached hydrogens (tertiary/aromatic N) is 2. The highest BCUT2D eigenvalue weighted by molar-refractivity contribution is 6.30. The molecule has 1 aromatic heterocycles. The summed E-state index contributed by atoms with van der Waals surface area (Å²) in [5.41, 5.74) is 2.07. The zero-order valence-corrected chi connectivity index (χ0v) is 14.5. The molecule has 26 heavy (non-hydrogen) atoms. The Morgan fingerprint density at radius 1 is 1.08 bits per heavy atom. The number of rotatable bonds is 6. The summed E-state index contributed by atoms with van der Waals surface area (Å²) in [7, 11) is 0. The Balaban J connectivity index is 1.52. The van der Waals surface area contributed by atoms with Crippen LogP contribution in [0, 0.1) is 5.82 Å². The van der Waals surface area contributed by atoms with Gasteiger partial charge in [-0.1, -0.05) is 29.8 Å². The number of aromatic nitrogens is 2. The maximum atomic E-state index is 12.9. The van der Waals surface area contributed by atoms with Crippen molar-refractivity contribution in [3.8, 4) is 0 Å². The smallest absolute Gasteiger partial charge is 0.254 e. The second kappa shape index (κ2) is 8.40. The van der Waals surface area contributed by atoms with Crippen LogP contribution in [0.5, 0.6) is 0 Å². The first-order chi connectivity index (χ1) is 12.6. The lowest BCUT2D eigenvalue weighted by atomic mass is 10.1. The van der Waals surface area contributed by atoms with Crippen molar-refractivity contribution in [2.24, 2.45) is 0 Å². The number of hydrogen-bond donors (Lipinski definition) is 2. The number of hydrogen-bond acceptors (Lipinski definition) is 4. The van der Waals surface area contributed by atoms with E-state index in [0.717, 1.165) is 11.3 Å². The van der Waals surface area contributed by atoms with Crippen molar-refractivity contribution in [3.05, 3.63) is 82.9 Å². The largest absolute Gasteiger partial charge is 0.352 e. The fourth-order valence-corrected chi connectivity index (χ4v) is 2.47. The van der Waals surface area contributed by atoms with E-state index in [4.69, 9.17) is 11.6 Å². The fraction of sp³-hybridized carbons (Fsp3) is 0.105. The van der Waals surface area contributed by atoms with Crippen LogP contribution in [0.15, 0.2) is 60.9 Å². The van der Waals surface area contributed by atoms with Crippen LogP contribution in [-0.2, 0) is 6.42 Å². The SMILES string of the molecule is O=C(NCCc1ccc(F)cc1)c1cnc(Nc2cccc(Cl)c2)nc1. The predicted octanol–water partition coefficient (Wildman–Crippen LogP) is 3.99. The van der Waals surface area contributed by atoms with E-state index in [1.54, 1.807) is 24.3 Å². The van der Waals surface area contributed by atoms with E-state index >= 15 is 0 Å². The van der Waals surface area contributed by atoms with Crippen molar-refractivity contribution in [3.63, 3.8) is 0 Å². The van der Waals surface area contributed by atoms with Crippen LogP contribution in [0.25, 0.3) is 0 Å². The van der Waals surface area contributed by atoms with Gasteiger partial charge in [0.2, 0.25) is 5.95 Å². The molecular weight excluding hydrogens is 355 g/mol. The summed E-state index contributed by atoms with van der Waals surface area (Å²) in [6.07, 6.45) is 3.52. The van der Waals surface area contributed by atoms with E-state index in [1.165, 1.54) is 24.5 Å². The van der Waals surface area contributed by atoms with Gasteiger partial charge in [-0.3, -0.25) is 4.79 Å². The lowest BCUT2D eigenvalue weighted by molar-refractivity contribution is 0.0953. The highest BCUT2D eigenvalue weighted by atomic mass is 35.5. The average molecular weight is 371 g/mol. The number of halogens is 2. The zero-order chi connectivity index (χ0) is 18.4. The van der Waals surface area contributed by atoms with E-state index in [9.17, 15) is 9.18 Å². The third-order valence-corrected chi connectivity index (χ3v) is 3.84. The van der Waals surface area contributed by atoms with E-state index in [0.29, 0.717) is 29.5 Å². The molecule has 1 amide bonds. The summed E-state index contributed by atoms with van der Waals surface area (Å²) in [5.74, 6) is -0.169. The van der Waals surface area contributed by atoms with Crippen molar-refractivity contribution in [1.29, 1.82) is 0 Å². The van der Waals surface area contributed by atoms with Crippen molar-refractivity contribution in [2.45, 2.75) is 6.42 Å². The maximum Gasteiger partial charge on any atom is 0.254 e. The Kier molecular flexibility index (Phi) is 5.76. The number of nitrogens with one attached hydrogen (secondary N) is 2. The van der Waals surface area contributed by atoms with Gasteiger partial charge in [-0.15, -0.1) is 0 Å². The number of anilines is 2. The van der Waals surface area contributed by atoms with E-state index in [-0.39, 0.29) is 11.7 Å². The molecule has 0 spiro atoms. The second-order valence-corrected chi connectivity index (χ2v) is 6.00. The number of amides is 1. The molecule has 0 saturated carbocycles. The molecule has 1 heterocycles. The third-order valence-electron chi connectivity index (χ3n) is 3.61. The highest BCUT2D eigenvalue weighted by Gasteiger charge is 2.07. The van der Waals surface area contributed by atoms with Gasteiger partial charge in [0.05, 0.1) is 5.56 Å². The summed E-state index contributed by atoms with van der Waals surface area (Å²) < 4.78 is 12.9. The Labute approximate surface area is 155 Å². The molecule has 0 aliphatic heterocycles. The van der Waals surface area contributed by atoms with Crippen LogP contribution >= 0.6 is 11.6 Å². The minimum atomic E-state index is -0.276. The normalized spacial score (nSPS) is 10.4. The maximum absolute atomic E-state index is 12.9. The summed E-state index contributed by atoms with van der Waals surface area (Å²) in [5, 5.41) is 6.40. The van der Waals surface area contributed by atoms with Gasteiger partial charge in [0.15, 0.2) is 0 Å². The standard InChI is InChI=1S/C19H16ClFN4O/c20-15-2-1-3-17(10-15)25-19-23-11-14(12-24-19)18(26)22-9-8-13-4-6-16(21)7-5-13/h1-7,10-12H,8-9H2,(H,22,26)(H,23,24,25). The first kappa shape index (κ1) is 17.8. The molecule has 0 aliphatic rings. The van der Waals surface area contributed by atoms with Gasteiger partial charge >= 0.3 is 0 Å². The van der Waals surface area contributed by atoms with Crippen LogP contribution in [0.3, 0.4) is 0 Å². The molecule has 2 aromatic carbocycles. The molecule has 0 atom stereocenters. The lowest BCUT2D eigenvalue weighted by Gasteiger charge is -2.07. The molecule has 3 aromatic rings. The van der Waals surface area contributed by atoms with Crippen molar-refractivity contribution in [1.82, 2.24) is 15.3 Å². The molecule has 132 valence electrons. The lowest BCUT2D eigenvalue weighted by Crippen LogP contribution is -2.26. The molecule has 0 unspecified atom stereocenters. The topological polar surface area (TPSA) is 66.9 Å². The monoisotopic (exact) mass is 370 g/mol. The molecule has 3 rings (SSSR count). The number of benzene rings is 2. The molecule has 5 nitrogen and oxygen atoms in total. The molecule has 0 fully saturated rings. The Bertz CT molecular complexity index is 885. The highest BCUT2D eigenvalue weighted by Crippen LogP contribution is 2.17. The van der Waals surface area contributed by atoms with Crippen LogP contribution in [0.2, 0.25) is 5.02 Å². The molecule has 2 N–H and O–H groups in total. The van der Waals surface area contributed by atoms with Gasteiger partial charge < -0.3 is 10.6 Å². The molecular formula is C19H16ClFN4O. The summed E-state index contributed by atoms with van der Waals surface area (Å²) in [4.78, 5) is 20.4. The van der Waals surface area contributed by atoms with E-state index in [2.05, 4.69) is 20.6 Å². The third kappa shape index (κ3) is 5.00. The zero-order valence-electron chi connectivity index (χ0n) is 13.7. The molecule has 0 saturated heterocycles. The minimum Gasteiger partial charge on any atom is -0.352 e. The molecule has 0 bridgehead atoms. The second-order valence-electron chi connectivity index (χ2n) is 5.56. The van der Waals surface area contributed by atoms with Gasteiger partial charge in [0, 0.05) is 29.6 Å². The fourth-order valence-electron chi connectivity index (χ4n) is 2.28. The predicted molar refractivity (Wildman–Crippen MR) is 99.2 cm³/mol. The van der Waals surface area contributed by atoms with E-state index < -0.39 is 0 Å². The summed E-state index contributed by atoms with van der Waals surface area (Å²) in [6, 6.07) is 13.4. The first-order valence-corrected chi connectivity index (χ1v) is 8.35. The molecule has 0 radical (unpaired) electrons. The Morgan fingerprint density at radius 3 is 2.50 bits per heavy atom. The Morgan fingerprint density at radius 2 is 1.81 bits per heavy atom. The quantitative estimate of drug-likeness (QED) is 0.688. The molecule has 0 aliphatic carbocycles. The molecule has 7 heteroatoms. The number of carbonyl (C=O) groups is 1. The van der Waals surface area contributed by atoms with Crippen LogP contribution in [-0.4, -0.2) is 22.4 Å². The first-order valence-electron chi connectivity index (χ1n) is 7.97. The van der Waals surface area contributed by atoms with Crippen LogP contribution < -0.4 is 10.6 Å². The minimum absolute atomic E-state index is 0.263. The summed E-state index contributed by atoms with van der Waals surface area (Å²) >= 11 is 5.93. The van der Waals surface area contributed by atoms with Crippen molar-refractivity contribution in [2.75, 3.05) is 11.9 Å². The van der Waals surface area contributed by atoms with Gasteiger partial charge in [-0.2, -0.15) is 0 Å². The Hall–Kier alpha value is -2.99.